The molecule has 0 atom stereocenters. The third kappa shape index (κ3) is 1.45. The molecule has 0 aliphatic rings. The first-order valence-corrected chi connectivity index (χ1v) is 3.43. The van der Waals surface area contributed by atoms with E-state index < -0.39 is 0 Å². The van der Waals surface area contributed by atoms with E-state index in [9.17, 15) is 0 Å². The highest BCUT2D eigenvalue weighted by Gasteiger charge is 1.96. The van der Waals surface area contributed by atoms with Gasteiger partial charge in [0.15, 0.2) is 0 Å². The summed E-state index contributed by atoms with van der Waals surface area (Å²) in [6.07, 6.45) is 2.55. The van der Waals surface area contributed by atoms with Crippen molar-refractivity contribution >= 4 is 11.6 Å². The first-order chi connectivity index (χ1) is 4.34. The Kier molecular flexibility index (Phi) is 2.11. The highest BCUT2D eigenvalue weighted by Crippen LogP contribution is 2.01. The molecule has 2 nitrogen and oxygen atoms in total. The zero-order valence-corrected chi connectivity index (χ0v) is 6.07. The SMILES string of the molecule is Cc1[nH]cnc1CCCl. The zero-order valence-electron chi connectivity index (χ0n) is 5.32. The van der Waals surface area contributed by atoms with E-state index in [1.807, 2.05) is 6.92 Å². The Labute approximate surface area is 59.3 Å². The van der Waals surface area contributed by atoms with Crippen molar-refractivity contribution in [3.8, 4) is 0 Å². The van der Waals surface area contributed by atoms with Gasteiger partial charge >= 0.3 is 0 Å². The number of alkyl halides is 1. The van der Waals surface area contributed by atoms with Gasteiger partial charge in [-0.15, -0.1) is 11.6 Å². The molecule has 1 rings (SSSR count). The van der Waals surface area contributed by atoms with Crippen LogP contribution >= 0.6 is 11.6 Å². The fourth-order valence-electron chi connectivity index (χ4n) is 0.729. The summed E-state index contributed by atoms with van der Waals surface area (Å²) < 4.78 is 0. The van der Waals surface area contributed by atoms with Crippen LogP contribution in [0.15, 0.2) is 6.33 Å². The first-order valence-electron chi connectivity index (χ1n) is 2.89. The molecular formula is C6H9ClN2. The zero-order chi connectivity index (χ0) is 6.69. The molecule has 0 spiro atoms. The molecule has 3 heteroatoms. The minimum Gasteiger partial charge on any atom is -0.348 e. The minimum absolute atomic E-state index is 0.645. The second-order valence-corrected chi connectivity index (χ2v) is 2.29. The van der Waals surface area contributed by atoms with Gasteiger partial charge in [-0.1, -0.05) is 0 Å². The lowest BCUT2D eigenvalue weighted by Crippen LogP contribution is -1.88. The fourth-order valence-corrected chi connectivity index (χ4v) is 0.908. The maximum atomic E-state index is 5.51. The smallest absolute Gasteiger partial charge is 0.0925 e. The number of aromatic nitrogens is 2. The number of imidazole rings is 1. The Morgan fingerprint density at radius 1 is 1.78 bits per heavy atom. The maximum Gasteiger partial charge on any atom is 0.0925 e. The molecule has 1 aromatic rings. The summed E-state index contributed by atoms with van der Waals surface area (Å²) in [5.41, 5.74) is 2.20. The molecule has 0 amide bonds. The number of hydrogen-bond acceptors (Lipinski definition) is 1. The second-order valence-electron chi connectivity index (χ2n) is 1.91. The van der Waals surface area contributed by atoms with Gasteiger partial charge in [0, 0.05) is 18.0 Å². The summed E-state index contributed by atoms with van der Waals surface area (Å²) in [6.45, 7) is 1.99. The highest BCUT2D eigenvalue weighted by atomic mass is 35.5. The van der Waals surface area contributed by atoms with E-state index in [0.29, 0.717) is 5.88 Å². The van der Waals surface area contributed by atoms with Crippen molar-refractivity contribution in [1.82, 2.24) is 9.97 Å². The van der Waals surface area contributed by atoms with Gasteiger partial charge in [0.2, 0.25) is 0 Å². The van der Waals surface area contributed by atoms with E-state index in [-0.39, 0.29) is 0 Å². The van der Waals surface area contributed by atoms with E-state index >= 15 is 0 Å². The molecule has 0 saturated heterocycles. The van der Waals surface area contributed by atoms with Crippen LogP contribution in [-0.2, 0) is 6.42 Å². The van der Waals surface area contributed by atoms with E-state index in [1.165, 1.54) is 0 Å². The largest absolute Gasteiger partial charge is 0.348 e. The lowest BCUT2D eigenvalue weighted by molar-refractivity contribution is 1.05. The molecular weight excluding hydrogens is 136 g/mol. The summed E-state index contributed by atoms with van der Waals surface area (Å²) in [5.74, 6) is 0.645. The summed E-state index contributed by atoms with van der Waals surface area (Å²) in [4.78, 5) is 7.05. The Balaban J connectivity index is 2.69. The first kappa shape index (κ1) is 6.62. The average Bonchev–Trinajstić information content (AvgIpc) is 2.18. The van der Waals surface area contributed by atoms with Gasteiger partial charge in [-0.25, -0.2) is 4.98 Å². The van der Waals surface area contributed by atoms with Crippen LogP contribution in [0.4, 0.5) is 0 Å². The van der Waals surface area contributed by atoms with Crippen LogP contribution in [-0.4, -0.2) is 15.8 Å². The molecule has 0 unspecified atom stereocenters. The molecule has 0 saturated carbocycles. The van der Waals surface area contributed by atoms with Crippen molar-refractivity contribution in [1.29, 1.82) is 0 Å². The molecule has 0 aromatic carbocycles. The number of aromatic amines is 1. The van der Waals surface area contributed by atoms with Crippen LogP contribution in [0.1, 0.15) is 11.4 Å². The predicted octanol–water partition coefficient (Wildman–Crippen LogP) is 1.50. The molecule has 1 heterocycles. The fraction of sp³-hybridized carbons (Fsp3) is 0.500. The van der Waals surface area contributed by atoms with Crippen molar-refractivity contribution in [3.63, 3.8) is 0 Å². The molecule has 0 bridgehead atoms. The van der Waals surface area contributed by atoms with Gasteiger partial charge in [0.05, 0.1) is 12.0 Å². The minimum atomic E-state index is 0.645. The Morgan fingerprint density at radius 3 is 3.00 bits per heavy atom. The van der Waals surface area contributed by atoms with Crippen molar-refractivity contribution in [2.45, 2.75) is 13.3 Å². The number of hydrogen-bond donors (Lipinski definition) is 1. The molecule has 0 aliphatic carbocycles. The van der Waals surface area contributed by atoms with Gasteiger partial charge in [-0.05, 0) is 6.92 Å². The summed E-state index contributed by atoms with van der Waals surface area (Å²) in [6, 6.07) is 0. The maximum absolute atomic E-state index is 5.51. The molecule has 1 N–H and O–H groups in total. The van der Waals surface area contributed by atoms with E-state index in [0.717, 1.165) is 17.8 Å². The second kappa shape index (κ2) is 2.87. The predicted molar refractivity (Wildman–Crippen MR) is 37.7 cm³/mol. The number of nitrogens with one attached hydrogen (secondary N) is 1. The molecule has 0 radical (unpaired) electrons. The van der Waals surface area contributed by atoms with Crippen molar-refractivity contribution < 1.29 is 0 Å². The van der Waals surface area contributed by atoms with Gasteiger partial charge in [-0.2, -0.15) is 0 Å². The van der Waals surface area contributed by atoms with E-state index in [2.05, 4.69) is 9.97 Å². The van der Waals surface area contributed by atoms with Crippen molar-refractivity contribution in [2.24, 2.45) is 0 Å². The van der Waals surface area contributed by atoms with Gasteiger partial charge in [0.25, 0.3) is 0 Å². The van der Waals surface area contributed by atoms with E-state index in [1.54, 1.807) is 6.33 Å². The lowest BCUT2D eigenvalue weighted by Gasteiger charge is -1.89. The lowest BCUT2D eigenvalue weighted by atomic mass is 10.3. The molecule has 9 heavy (non-hydrogen) atoms. The van der Waals surface area contributed by atoms with Crippen LogP contribution in [0.5, 0.6) is 0 Å². The summed E-state index contributed by atoms with van der Waals surface area (Å²) in [7, 11) is 0. The summed E-state index contributed by atoms with van der Waals surface area (Å²) >= 11 is 5.51. The number of aryl methyl sites for hydroxylation is 2. The van der Waals surface area contributed by atoms with Crippen LogP contribution in [0.2, 0.25) is 0 Å². The van der Waals surface area contributed by atoms with Crippen LogP contribution in [0.3, 0.4) is 0 Å². The third-order valence-electron chi connectivity index (χ3n) is 1.27. The van der Waals surface area contributed by atoms with Gasteiger partial charge < -0.3 is 4.98 Å². The Hall–Kier alpha value is -0.500. The molecule has 1 aromatic heterocycles. The van der Waals surface area contributed by atoms with Gasteiger partial charge in [0.1, 0.15) is 0 Å². The number of rotatable bonds is 2. The quantitative estimate of drug-likeness (QED) is 0.627. The number of halogens is 1. The normalized spacial score (nSPS) is 10.0. The van der Waals surface area contributed by atoms with Crippen LogP contribution in [0.25, 0.3) is 0 Å². The van der Waals surface area contributed by atoms with Crippen molar-refractivity contribution in [2.75, 3.05) is 5.88 Å². The number of H-pyrrole nitrogens is 1. The van der Waals surface area contributed by atoms with Gasteiger partial charge in [-0.3, -0.25) is 0 Å². The molecule has 50 valence electrons. The third-order valence-corrected chi connectivity index (χ3v) is 1.45. The molecule has 0 fully saturated rings. The monoisotopic (exact) mass is 144 g/mol. The van der Waals surface area contributed by atoms with E-state index in [4.69, 9.17) is 11.6 Å². The molecule has 0 aliphatic heterocycles. The standard InChI is InChI=1S/C6H9ClN2/c1-5-6(2-3-7)9-4-8-5/h4H,2-3H2,1H3,(H,8,9). The average molecular weight is 145 g/mol. The Morgan fingerprint density at radius 2 is 2.56 bits per heavy atom. The summed E-state index contributed by atoms with van der Waals surface area (Å²) in [5, 5.41) is 0. The topological polar surface area (TPSA) is 28.7 Å². The van der Waals surface area contributed by atoms with Crippen molar-refractivity contribution in [3.05, 3.63) is 17.7 Å². The highest BCUT2D eigenvalue weighted by molar-refractivity contribution is 6.17. The number of nitrogens with zero attached hydrogens (tertiary/aromatic N) is 1. The van der Waals surface area contributed by atoms with Crippen LogP contribution < -0.4 is 0 Å². The van der Waals surface area contributed by atoms with Crippen LogP contribution in [0, 0.1) is 6.92 Å². The Bertz CT molecular complexity index is 183.